The topological polar surface area (TPSA) is 185 Å². The summed E-state index contributed by atoms with van der Waals surface area (Å²) < 4.78 is 25.3. The molecule has 36 heavy (non-hydrogen) atoms. The molecule has 1 aliphatic heterocycles. The molecule has 1 atom stereocenters. The molecule has 4 rings (SSSR count). The lowest BCUT2D eigenvalue weighted by atomic mass is 10.1. The molecule has 0 bridgehead atoms. The highest BCUT2D eigenvalue weighted by Crippen LogP contribution is 2.28. The largest absolute Gasteiger partial charge is 0.367 e. The minimum Gasteiger partial charge on any atom is -0.367 e. The van der Waals surface area contributed by atoms with Crippen LogP contribution in [0, 0.1) is 5.53 Å². The maximum atomic E-state index is 12.5. The second kappa shape index (κ2) is 10.4. The Bertz CT molecular complexity index is 1250. The Balaban J connectivity index is 1.50. The van der Waals surface area contributed by atoms with Crippen LogP contribution in [0.4, 0.5) is 23.1 Å². The van der Waals surface area contributed by atoms with E-state index in [-0.39, 0.29) is 36.6 Å². The third kappa shape index (κ3) is 5.85. The molecule has 192 valence electrons. The van der Waals surface area contributed by atoms with Crippen LogP contribution in [0.2, 0.25) is 0 Å². The molecular weight excluding hydrogens is 488 g/mol. The molecule has 1 saturated carbocycles. The summed E-state index contributed by atoms with van der Waals surface area (Å²) in [5, 5.41) is 11.8. The smallest absolute Gasteiger partial charge is 0.278 e. The summed E-state index contributed by atoms with van der Waals surface area (Å²) in [5.74, 6) is -0.220. The Morgan fingerprint density at radius 1 is 1.17 bits per heavy atom. The van der Waals surface area contributed by atoms with Crippen LogP contribution in [0.3, 0.4) is 0 Å². The van der Waals surface area contributed by atoms with Crippen molar-refractivity contribution in [2.75, 3.05) is 48.5 Å². The molecule has 0 spiro atoms. The van der Waals surface area contributed by atoms with Crippen LogP contribution >= 0.6 is 0 Å². The minimum atomic E-state index is -3.41. The van der Waals surface area contributed by atoms with Crippen molar-refractivity contribution >= 4 is 45.0 Å². The fourth-order valence-electron chi connectivity index (χ4n) is 3.87. The summed E-state index contributed by atoms with van der Waals surface area (Å²) in [6.07, 6.45) is 4.47. The third-order valence-electron chi connectivity index (χ3n) is 5.93. The van der Waals surface area contributed by atoms with Crippen LogP contribution in [0.1, 0.15) is 23.2 Å². The Morgan fingerprint density at radius 2 is 1.89 bits per heavy atom. The summed E-state index contributed by atoms with van der Waals surface area (Å²) in [5.41, 5.74) is 10.5. The minimum absolute atomic E-state index is 0.0660. The zero-order valence-corrected chi connectivity index (χ0v) is 20.7. The van der Waals surface area contributed by atoms with Gasteiger partial charge in [-0.3, -0.25) is 9.59 Å². The van der Waals surface area contributed by atoms with Crippen LogP contribution in [0.15, 0.2) is 35.7 Å². The van der Waals surface area contributed by atoms with E-state index >= 15 is 0 Å². The molecule has 1 aromatic carbocycles. The molecule has 2 aromatic rings. The number of piperazine rings is 1. The molecule has 2 fully saturated rings. The molecule has 2 heterocycles. The summed E-state index contributed by atoms with van der Waals surface area (Å²) in [7, 11) is -1.88. The predicted molar refractivity (Wildman–Crippen MR) is 133 cm³/mol. The third-order valence-corrected chi connectivity index (χ3v) is 7.19. The second-order valence-electron chi connectivity index (χ2n) is 8.54. The number of carbonyl (C=O) groups excluding carboxylic acids is 2. The van der Waals surface area contributed by atoms with Gasteiger partial charge in [0.2, 0.25) is 21.9 Å². The zero-order chi connectivity index (χ0) is 25.9. The normalized spacial score (nSPS) is 18.3. The maximum absolute atomic E-state index is 12.5. The molecule has 1 aromatic heterocycles. The molecule has 1 aliphatic carbocycles. The van der Waals surface area contributed by atoms with Crippen molar-refractivity contribution in [1.82, 2.24) is 25.0 Å². The SMILES string of the molecule is CNC(=O)C1CN(S(C)(=O)=O)CCN1c1ccc(Nc2ncc(C(=O)NN=N)c(NC3CC3)n2)cc1. The Kier molecular flexibility index (Phi) is 7.30. The van der Waals surface area contributed by atoms with Gasteiger partial charge in [-0.05, 0) is 37.1 Å². The Morgan fingerprint density at radius 3 is 2.50 bits per heavy atom. The van der Waals surface area contributed by atoms with Gasteiger partial charge in [-0.15, -0.1) is 0 Å². The van der Waals surface area contributed by atoms with Crippen LogP contribution in [0.25, 0.3) is 0 Å². The molecular formula is C21H28N10O4S. The first kappa shape index (κ1) is 25.2. The number of anilines is 4. The number of rotatable bonds is 9. The number of nitrogens with zero attached hydrogens (tertiary/aromatic N) is 5. The summed E-state index contributed by atoms with van der Waals surface area (Å²) in [6, 6.07) is 6.84. The van der Waals surface area contributed by atoms with E-state index in [9.17, 15) is 18.0 Å². The van der Waals surface area contributed by atoms with Crippen molar-refractivity contribution in [2.45, 2.75) is 24.9 Å². The average Bonchev–Trinajstić information content (AvgIpc) is 3.67. The van der Waals surface area contributed by atoms with Gasteiger partial charge in [0.1, 0.15) is 17.4 Å². The van der Waals surface area contributed by atoms with Crippen molar-refractivity contribution in [1.29, 1.82) is 5.53 Å². The number of carbonyl (C=O) groups is 2. The number of benzene rings is 1. The molecule has 15 heteroatoms. The number of hydrogen-bond acceptors (Lipinski definition) is 11. The van der Waals surface area contributed by atoms with Crippen LogP contribution in [-0.4, -0.2) is 79.5 Å². The van der Waals surface area contributed by atoms with E-state index in [1.165, 1.54) is 17.5 Å². The lowest BCUT2D eigenvalue weighted by molar-refractivity contribution is -0.122. The number of nitrogens with one attached hydrogen (secondary N) is 5. The number of hydrogen-bond donors (Lipinski definition) is 5. The molecule has 0 radical (unpaired) electrons. The fraction of sp³-hybridized carbons (Fsp3) is 0.429. The lowest BCUT2D eigenvalue weighted by Crippen LogP contribution is -2.59. The molecule has 1 saturated heterocycles. The van der Waals surface area contributed by atoms with Crippen LogP contribution < -0.4 is 26.3 Å². The van der Waals surface area contributed by atoms with Crippen molar-refractivity contribution in [2.24, 2.45) is 5.22 Å². The van der Waals surface area contributed by atoms with Gasteiger partial charge in [0.05, 0.1) is 6.26 Å². The van der Waals surface area contributed by atoms with Gasteiger partial charge in [-0.1, -0.05) is 5.22 Å². The maximum Gasteiger partial charge on any atom is 0.278 e. The molecule has 2 aliphatic rings. The zero-order valence-electron chi connectivity index (χ0n) is 19.9. The lowest BCUT2D eigenvalue weighted by Gasteiger charge is -2.40. The van der Waals surface area contributed by atoms with E-state index in [1.54, 1.807) is 12.1 Å². The second-order valence-corrected chi connectivity index (χ2v) is 10.5. The number of sulfonamides is 1. The van der Waals surface area contributed by atoms with Gasteiger partial charge in [-0.2, -0.15) is 14.8 Å². The molecule has 5 N–H and O–H groups in total. The van der Waals surface area contributed by atoms with Gasteiger partial charge in [0.15, 0.2) is 0 Å². The first-order valence-electron chi connectivity index (χ1n) is 11.3. The number of aromatic nitrogens is 2. The first-order valence-corrected chi connectivity index (χ1v) is 13.1. The van der Waals surface area contributed by atoms with E-state index in [0.717, 1.165) is 24.8 Å². The molecule has 2 amide bonds. The van der Waals surface area contributed by atoms with Crippen LogP contribution in [0.5, 0.6) is 0 Å². The number of likely N-dealkylation sites (N-methyl/N-ethyl adjacent to an activating group) is 1. The van der Waals surface area contributed by atoms with Crippen molar-refractivity contribution in [3.8, 4) is 0 Å². The Labute approximate surface area is 208 Å². The standard InChI is InChI=1S/C21H28N10O4S/c1-23-20(33)17-12-30(36(2,34)35)9-10-31(17)15-7-5-14(6-8-15)26-21-24-11-16(19(32)28-29-22)18(27-21)25-13-3-4-13/h5-8,11,13,17H,3-4,9-10,12H2,1-2H3,(H,23,33)(H2,22,28,32)(H2,24,25,26,27). The molecule has 1 unspecified atom stereocenters. The van der Waals surface area contributed by atoms with Gasteiger partial charge in [0.25, 0.3) is 5.91 Å². The average molecular weight is 517 g/mol. The number of amides is 2. The highest BCUT2D eigenvalue weighted by molar-refractivity contribution is 7.88. The summed E-state index contributed by atoms with van der Waals surface area (Å²) >= 11 is 0. The van der Waals surface area contributed by atoms with E-state index in [4.69, 9.17) is 5.53 Å². The van der Waals surface area contributed by atoms with Crippen LogP contribution in [-0.2, 0) is 14.8 Å². The highest BCUT2D eigenvalue weighted by Gasteiger charge is 2.35. The first-order chi connectivity index (χ1) is 17.2. The molecule has 14 nitrogen and oxygen atoms in total. The monoisotopic (exact) mass is 516 g/mol. The van der Waals surface area contributed by atoms with E-state index in [0.29, 0.717) is 18.1 Å². The van der Waals surface area contributed by atoms with E-state index in [1.807, 2.05) is 17.0 Å². The summed E-state index contributed by atoms with van der Waals surface area (Å²) in [4.78, 5) is 35.2. The highest BCUT2D eigenvalue weighted by atomic mass is 32.2. The fourth-order valence-corrected chi connectivity index (χ4v) is 4.70. The van der Waals surface area contributed by atoms with Gasteiger partial charge >= 0.3 is 0 Å². The van der Waals surface area contributed by atoms with Crippen molar-refractivity contribution in [3.63, 3.8) is 0 Å². The van der Waals surface area contributed by atoms with Gasteiger partial charge < -0.3 is 20.9 Å². The Hall–Kier alpha value is -3.85. The van der Waals surface area contributed by atoms with Crippen molar-refractivity contribution in [3.05, 3.63) is 36.0 Å². The van der Waals surface area contributed by atoms with Gasteiger partial charge in [-0.25, -0.2) is 18.8 Å². The van der Waals surface area contributed by atoms with E-state index < -0.39 is 22.0 Å². The van der Waals surface area contributed by atoms with Crippen molar-refractivity contribution < 1.29 is 18.0 Å². The quantitative estimate of drug-likeness (QED) is 0.236. The van der Waals surface area contributed by atoms with E-state index in [2.05, 4.69) is 36.6 Å². The van der Waals surface area contributed by atoms with Gasteiger partial charge in [0, 0.05) is 50.3 Å². The predicted octanol–water partition coefficient (Wildman–Crippen LogP) is 0.666. The summed E-state index contributed by atoms with van der Waals surface area (Å²) in [6.45, 7) is 0.715.